The summed E-state index contributed by atoms with van der Waals surface area (Å²) in [6.45, 7) is 5.28. The lowest BCUT2D eigenvalue weighted by molar-refractivity contribution is -0.144. The van der Waals surface area contributed by atoms with E-state index in [1.807, 2.05) is 13.8 Å². The second-order valence-corrected chi connectivity index (χ2v) is 5.33. The molecule has 0 radical (unpaired) electrons. The summed E-state index contributed by atoms with van der Waals surface area (Å²) in [4.78, 5) is 23.2. The molecule has 6 nitrogen and oxygen atoms in total. The van der Waals surface area contributed by atoms with E-state index in [0.29, 0.717) is 10.4 Å². The number of nitrogens with one attached hydrogen (secondary N) is 2. The molecule has 0 aliphatic carbocycles. The summed E-state index contributed by atoms with van der Waals surface area (Å²) < 4.78 is 39.6. The first-order valence-corrected chi connectivity index (χ1v) is 7.94. The number of amides is 2. The largest absolute Gasteiger partial charge is 0.433 e. The first kappa shape index (κ1) is 21.5. The van der Waals surface area contributed by atoms with Crippen molar-refractivity contribution in [3.63, 3.8) is 0 Å². The Morgan fingerprint density at radius 2 is 1.65 bits per heavy atom. The van der Waals surface area contributed by atoms with Crippen LogP contribution in [0.1, 0.15) is 36.8 Å². The Morgan fingerprint density at radius 1 is 1.12 bits per heavy atom. The van der Waals surface area contributed by atoms with E-state index in [1.54, 1.807) is 0 Å². The minimum absolute atomic E-state index is 0.133. The van der Waals surface area contributed by atoms with Crippen LogP contribution in [0, 0.1) is 0 Å². The molecule has 1 aromatic heterocycles. The first-order valence-electron chi connectivity index (χ1n) is 7.56. The zero-order valence-corrected chi connectivity index (χ0v) is 15.3. The second kappa shape index (κ2) is 8.70. The summed E-state index contributed by atoms with van der Waals surface area (Å²) in [6, 6.07) is 4.15. The lowest BCUT2D eigenvalue weighted by Gasteiger charge is -2.11. The lowest BCUT2D eigenvalue weighted by atomic mass is 10.2. The predicted octanol–water partition coefficient (Wildman–Crippen LogP) is 4.33. The fourth-order valence-electron chi connectivity index (χ4n) is 2.08. The number of halogens is 4. The molecule has 1 heterocycles. The van der Waals surface area contributed by atoms with Gasteiger partial charge in [-0.3, -0.25) is 14.3 Å². The molecular weight excluding hydrogens is 373 g/mol. The Kier molecular flexibility index (Phi) is 7.19. The molecule has 0 bridgehead atoms. The van der Waals surface area contributed by atoms with Crippen molar-refractivity contribution < 1.29 is 22.8 Å². The minimum atomic E-state index is -4.73. The van der Waals surface area contributed by atoms with Crippen molar-refractivity contribution in [2.75, 3.05) is 10.6 Å². The highest BCUT2D eigenvalue weighted by Gasteiger charge is 2.39. The van der Waals surface area contributed by atoms with Crippen molar-refractivity contribution in [3.8, 4) is 0 Å². The van der Waals surface area contributed by atoms with Gasteiger partial charge in [-0.2, -0.15) is 18.3 Å². The van der Waals surface area contributed by atoms with Gasteiger partial charge in [0.1, 0.15) is 0 Å². The standard InChI is InChI=1S/C14H12ClF3N4O2.C2H6/c1-7(23)20-9-3-8(15)4-10(5-9)21-13(24)11-6-19-22(2)12(11)14(16,17)18;1-2/h3-6H,1-2H3,(H,20,23)(H,21,24);1-2H3. The van der Waals surface area contributed by atoms with Crippen LogP contribution in [0.15, 0.2) is 24.4 Å². The van der Waals surface area contributed by atoms with Gasteiger partial charge in [-0.1, -0.05) is 25.4 Å². The molecule has 0 saturated carbocycles. The fourth-order valence-corrected chi connectivity index (χ4v) is 2.31. The summed E-state index contributed by atoms with van der Waals surface area (Å²) in [5.41, 5.74) is -1.35. The van der Waals surface area contributed by atoms with Crippen LogP contribution >= 0.6 is 11.6 Å². The molecule has 1 aromatic carbocycles. The Hall–Kier alpha value is -2.55. The van der Waals surface area contributed by atoms with Gasteiger partial charge in [0.25, 0.3) is 5.91 Å². The van der Waals surface area contributed by atoms with Gasteiger partial charge in [0.2, 0.25) is 5.91 Å². The molecule has 0 spiro atoms. The van der Waals surface area contributed by atoms with Crippen molar-refractivity contribution >= 4 is 34.8 Å². The van der Waals surface area contributed by atoms with Crippen LogP contribution in [0.2, 0.25) is 5.02 Å². The van der Waals surface area contributed by atoms with Crippen molar-refractivity contribution in [1.82, 2.24) is 9.78 Å². The number of anilines is 2. The Bertz CT molecular complexity index is 803. The summed E-state index contributed by atoms with van der Waals surface area (Å²) >= 11 is 5.87. The van der Waals surface area contributed by atoms with E-state index in [4.69, 9.17) is 11.6 Å². The lowest BCUT2D eigenvalue weighted by Crippen LogP contribution is -2.20. The van der Waals surface area contributed by atoms with Crippen molar-refractivity contribution in [1.29, 1.82) is 0 Å². The van der Waals surface area contributed by atoms with E-state index >= 15 is 0 Å². The second-order valence-electron chi connectivity index (χ2n) is 4.89. The van der Waals surface area contributed by atoms with Crippen LogP contribution in [0.3, 0.4) is 0 Å². The van der Waals surface area contributed by atoms with Gasteiger partial charge in [-0.05, 0) is 18.2 Å². The van der Waals surface area contributed by atoms with Gasteiger partial charge < -0.3 is 10.6 Å². The number of nitrogens with zero attached hydrogens (tertiary/aromatic N) is 2. The van der Waals surface area contributed by atoms with Crippen LogP contribution in [-0.2, 0) is 18.0 Å². The Labute approximate surface area is 153 Å². The van der Waals surface area contributed by atoms with Crippen LogP contribution in [-0.4, -0.2) is 21.6 Å². The van der Waals surface area contributed by atoms with Gasteiger partial charge in [-0.15, -0.1) is 0 Å². The van der Waals surface area contributed by atoms with Crippen LogP contribution in [0.25, 0.3) is 0 Å². The average molecular weight is 391 g/mol. The Morgan fingerprint density at radius 3 is 2.15 bits per heavy atom. The maximum Gasteiger partial charge on any atom is 0.433 e. The summed E-state index contributed by atoms with van der Waals surface area (Å²) in [5, 5.41) is 8.44. The number of hydrogen-bond donors (Lipinski definition) is 2. The molecular formula is C16H18ClF3N4O2. The van der Waals surface area contributed by atoms with Crippen molar-refractivity contribution in [2.45, 2.75) is 26.9 Å². The molecule has 0 saturated heterocycles. The third-order valence-corrected chi connectivity index (χ3v) is 3.15. The number of carbonyl (C=O) groups is 2. The number of benzene rings is 1. The van der Waals surface area contributed by atoms with E-state index in [1.165, 1.54) is 25.1 Å². The van der Waals surface area contributed by atoms with Gasteiger partial charge in [0.15, 0.2) is 5.69 Å². The summed E-state index contributed by atoms with van der Waals surface area (Å²) in [6.07, 6.45) is -3.90. The van der Waals surface area contributed by atoms with Gasteiger partial charge in [0, 0.05) is 30.4 Å². The van der Waals surface area contributed by atoms with Crippen molar-refractivity contribution in [3.05, 3.63) is 40.7 Å². The third-order valence-electron chi connectivity index (χ3n) is 2.93. The normalized spacial score (nSPS) is 10.6. The predicted molar refractivity (Wildman–Crippen MR) is 93.3 cm³/mol. The van der Waals surface area contributed by atoms with Crippen LogP contribution < -0.4 is 10.6 Å². The molecule has 0 atom stereocenters. The molecule has 0 aliphatic heterocycles. The number of aryl methyl sites for hydroxylation is 1. The maximum absolute atomic E-state index is 13.0. The average Bonchev–Trinajstić information content (AvgIpc) is 2.90. The number of hydrogen-bond acceptors (Lipinski definition) is 3. The highest BCUT2D eigenvalue weighted by molar-refractivity contribution is 6.31. The molecule has 0 unspecified atom stereocenters. The smallest absolute Gasteiger partial charge is 0.326 e. The molecule has 142 valence electrons. The SMILES string of the molecule is CC.CC(=O)Nc1cc(Cl)cc(NC(=O)c2cnn(C)c2C(F)(F)F)c1. The van der Waals surface area contributed by atoms with Crippen LogP contribution in [0.4, 0.5) is 24.5 Å². The third kappa shape index (κ3) is 5.48. The molecule has 10 heteroatoms. The quantitative estimate of drug-likeness (QED) is 0.819. The number of aromatic nitrogens is 2. The van der Waals surface area contributed by atoms with Crippen molar-refractivity contribution in [2.24, 2.45) is 7.05 Å². The van der Waals surface area contributed by atoms with Crippen LogP contribution in [0.5, 0.6) is 0 Å². The van der Waals surface area contributed by atoms with E-state index in [9.17, 15) is 22.8 Å². The van der Waals surface area contributed by atoms with Gasteiger partial charge >= 0.3 is 6.18 Å². The van der Waals surface area contributed by atoms with E-state index in [2.05, 4.69) is 15.7 Å². The maximum atomic E-state index is 13.0. The number of carbonyl (C=O) groups excluding carboxylic acids is 2. The molecule has 26 heavy (non-hydrogen) atoms. The molecule has 2 aromatic rings. The van der Waals surface area contributed by atoms with E-state index < -0.39 is 23.3 Å². The molecule has 0 aliphatic rings. The molecule has 0 fully saturated rings. The highest BCUT2D eigenvalue weighted by Crippen LogP contribution is 2.32. The van der Waals surface area contributed by atoms with E-state index in [0.717, 1.165) is 13.2 Å². The number of alkyl halides is 3. The zero-order chi connectivity index (χ0) is 20.1. The topological polar surface area (TPSA) is 76.0 Å². The Balaban J connectivity index is 0.00000163. The molecule has 2 rings (SSSR count). The highest BCUT2D eigenvalue weighted by atomic mass is 35.5. The zero-order valence-electron chi connectivity index (χ0n) is 14.5. The first-order chi connectivity index (χ1) is 12.1. The van der Waals surface area contributed by atoms with Gasteiger partial charge in [-0.25, -0.2) is 0 Å². The monoisotopic (exact) mass is 390 g/mol. The molecule has 2 amide bonds. The number of rotatable bonds is 3. The van der Waals surface area contributed by atoms with Gasteiger partial charge in [0.05, 0.1) is 11.8 Å². The summed E-state index contributed by atoms with van der Waals surface area (Å²) in [5.74, 6) is -1.35. The van der Waals surface area contributed by atoms with E-state index in [-0.39, 0.29) is 16.6 Å². The summed E-state index contributed by atoms with van der Waals surface area (Å²) in [7, 11) is 1.09. The minimum Gasteiger partial charge on any atom is -0.326 e. The molecule has 2 N–H and O–H groups in total. The fraction of sp³-hybridized carbons (Fsp3) is 0.312.